The van der Waals surface area contributed by atoms with Crippen LogP contribution in [0.15, 0.2) is 47.0 Å². The first-order valence-electron chi connectivity index (χ1n) is 8.43. The molecule has 7 nitrogen and oxygen atoms in total. The first-order valence-corrected chi connectivity index (χ1v) is 8.43. The lowest BCUT2D eigenvalue weighted by Crippen LogP contribution is -2.46. The Hall–Kier alpha value is -2.80. The summed E-state index contributed by atoms with van der Waals surface area (Å²) in [5, 5.41) is 12.6. The highest BCUT2D eigenvalue weighted by Gasteiger charge is 2.20. The zero-order chi connectivity index (χ0) is 17.1. The molecule has 4 rings (SSSR count). The summed E-state index contributed by atoms with van der Waals surface area (Å²) in [4.78, 5) is 8.84. The molecule has 0 atom stereocenters. The van der Waals surface area contributed by atoms with Crippen molar-refractivity contribution in [1.29, 1.82) is 0 Å². The number of hydrogen-bond donors (Lipinski definition) is 0. The van der Waals surface area contributed by atoms with E-state index in [-0.39, 0.29) is 0 Å². The predicted molar refractivity (Wildman–Crippen MR) is 94.0 cm³/mol. The number of nitrogens with zero attached hydrogens (tertiary/aromatic N) is 6. The third kappa shape index (κ3) is 3.66. The summed E-state index contributed by atoms with van der Waals surface area (Å²) in [5.41, 5.74) is 1.98. The molecule has 3 heterocycles. The molecule has 1 aromatic carbocycles. The zero-order valence-electron chi connectivity index (χ0n) is 14.2. The van der Waals surface area contributed by atoms with Crippen LogP contribution in [0.3, 0.4) is 0 Å². The maximum absolute atomic E-state index is 5.19. The van der Waals surface area contributed by atoms with Crippen molar-refractivity contribution in [3.05, 3.63) is 54.2 Å². The van der Waals surface area contributed by atoms with Gasteiger partial charge in [-0.1, -0.05) is 35.5 Å². The van der Waals surface area contributed by atoms with Crippen LogP contribution in [0.1, 0.15) is 11.7 Å². The van der Waals surface area contributed by atoms with Crippen molar-refractivity contribution >= 4 is 5.82 Å². The Balaban J connectivity index is 1.36. The summed E-state index contributed by atoms with van der Waals surface area (Å²) in [5.74, 6) is 2.29. The number of hydrogen-bond acceptors (Lipinski definition) is 7. The Kier molecular flexibility index (Phi) is 4.39. The SMILES string of the molecule is Cc1noc(CN2CCN(c3ccc(-c4ccccc4)nn3)CC2)n1. The van der Waals surface area contributed by atoms with Gasteiger partial charge in [0.25, 0.3) is 0 Å². The van der Waals surface area contributed by atoms with E-state index in [9.17, 15) is 0 Å². The van der Waals surface area contributed by atoms with Crippen molar-refractivity contribution in [3.63, 3.8) is 0 Å². The second kappa shape index (κ2) is 6.98. The third-order valence-corrected chi connectivity index (χ3v) is 4.34. The van der Waals surface area contributed by atoms with Crippen LogP contribution in [0.25, 0.3) is 11.3 Å². The predicted octanol–water partition coefficient (Wildman–Crippen LogP) is 2.16. The van der Waals surface area contributed by atoms with E-state index in [1.165, 1.54) is 0 Å². The van der Waals surface area contributed by atoms with Gasteiger partial charge in [-0.3, -0.25) is 4.90 Å². The minimum atomic E-state index is 0.679. The quantitative estimate of drug-likeness (QED) is 0.723. The summed E-state index contributed by atoms with van der Waals surface area (Å²) in [6, 6.07) is 14.2. The van der Waals surface area contributed by atoms with Gasteiger partial charge in [0.2, 0.25) is 5.89 Å². The molecule has 0 radical (unpaired) electrons. The van der Waals surface area contributed by atoms with Gasteiger partial charge in [-0.15, -0.1) is 10.2 Å². The summed E-state index contributed by atoms with van der Waals surface area (Å²) in [7, 11) is 0. The molecule has 128 valence electrons. The Morgan fingerprint density at radius 1 is 0.960 bits per heavy atom. The summed E-state index contributed by atoms with van der Waals surface area (Å²) < 4.78 is 5.19. The van der Waals surface area contributed by atoms with E-state index in [1.54, 1.807) is 0 Å². The van der Waals surface area contributed by atoms with Crippen LogP contribution in [0.4, 0.5) is 5.82 Å². The van der Waals surface area contributed by atoms with Gasteiger partial charge in [0.1, 0.15) is 0 Å². The van der Waals surface area contributed by atoms with Gasteiger partial charge in [0.15, 0.2) is 11.6 Å². The zero-order valence-corrected chi connectivity index (χ0v) is 14.2. The molecule has 0 N–H and O–H groups in total. The van der Waals surface area contributed by atoms with E-state index in [2.05, 4.69) is 30.1 Å². The molecule has 2 aromatic heterocycles. The fraction of sp³-hybridized carbons (Fsp3) is 0.333. The largest absolute Gasteiger partial charge is 0.353 e. The molecular formula is C18H20N6O. The lowest BCUT2D eigenvalue weighted by atomic mass is 10.1. The Labute approximate surface area is 146 Å². The molecule has 7 heteroatoms. The fourth-order valence-electron chi connectivity index (χ4n) is 2.99. The van der Waals surface area contributed by atoms with Gasteiger partial charge in [0, 0.05) is 31.7 Å². The smallest absolute Gasteiger partial charge is 0.240 e. The lowest BCUT2D eigenvalue weighted by Gasteiger charge is -2.34. The van der Waals surface area contributed by atoms with Crippen molar-refractivity contribution in [2.45, 2.75) is 13.5 Å². The summed E-state index contributed by atoms with van der Waals surface area (Å²) in [6.07, 6.45) is 0. The number of piperazine rings is 1. The molecule has 0 bridgehead atoms. The van der Waals surface area contributed by atoms with Gasteiger partial charge in [0.05, 0.1) is 12.2 Å². The van der Waals surface area contributed by atoms with Crippen LogP contribution in [0, 0.1) is 6.92 Å². The summed E-state index contributed by atoms with van der Waals surface area (Å²) in [6.45, 7) is 6.22. The minimum absolute atomic E-state index is 0.679. The number of benzene rings is 1. The molecule has 25 heavy (non-hydrogen) atoms. The number of aromatic nitrogens is 4. The van der Waals surface area contributed by atoms with Gasteiger partial charge in [-0.2, -0.15) is 4.98 Å². The van der Waals surface area contributed by atoms with Crippen molar-refractivity contribution in [1.82, 2.24) is 25.2 Å². The van der Waals surface area contributed by atoms with E-state index in [1.807, 2.05) is 49.4 Å². The van der Waals surface area contributed by atoms with Crippen molar-refractivity contribution < 1.29 is 4.52 Å². The third-order valence-electron chi connectivity index (χ3n) is 4.34. The second-order valence-corrected chi connectivity index (χ2v) is 6.14. The number of rotatable bonds is 4. The van der Waals surface area contributed by atoms with Crippen LogP contribution >= 0.6 is 0 Å². The molecule has 1 fully saturated rings. The molecule has 0 unspecified atom stereocenters. The Morgan fingerprint density at radius 2 is 1.76 bits per heavy atom. The molecule has 0 saturated carbocycles. The maximum Gasteiger partial charge on any atom is 0.240 e. The van der Waals surface area contributed by atoms with E-state index in [0.29, 0.717) is 18.3 Å². The van der Waals surface area contributed by atoms with Crippen LogP contribution in [-0.4, -0.2) is 51.4 Å². The normalized spacial score (nSPS) is 15.5. The van der Waals surface area contributed by atoms with Crippen LogP contribution in [0.5, 0.6) is 0 Å². The minimum Gasteiger partial charge on any atom is -0.353 e. The molecule has 0 amide bonds. The van der Waals surface area contributed by atoms with Crippen molar-refractivity contribution in [2.75, 3.05) is 31.1 Å². The molecule has 3 aromatic rings. The van der Waals surface area contributed by atoms with Crippen molar-refractivity contribution in [2.24, 2.45) is 0 Å². The average Bonchev–Trinajstić information content (AvgIpc) is 3.08. The molecule has 0 aliphatic carbocycles. The fourth-order valence-corrected chi connectivity index (χ4v) is 2.99. The van der Waals surface area contributed by atoms with Crippen LogP contribution in [0.2, 0.25) is 0 Å². The molecular weight excluding hydrogens is 316 g/mol. The highest BCUT2D eigenvalue weighted by atomic mass is 16.5. The van der Waals surface area contributed by atoms with E-state index in [4.69, 9.17) is 4.52 Å². The molecule has 1 aliphatic heterocycles. The molecule has 0 spiro atoms. The monoisotopic (exact) mass is 336 g/mol. The molecule has 1 saturated heterocycles. The first-order chi connectivity index (χ1) is 12.3. The van der Waals surface area contributed by atoms with E-state index in [0.717, 1.165) is 43.3 Å². The highest BCUT2D eigenvalue weighted by Crippen LogP contribution is 2.19. The highest BCUT2D eigenvalue weighted by molar-refractivity contribution is 5.59. The van der Waals surface area contributed by atoms with E-state index < -0.39 is 0 Å². The van der Waals surface area contributed by atoms with Gasteiger partial charge in [-0.05, 0) is 19.1 Å². The average molecular weight is 336 g/mol. The second-order valence-electron chi connectivity index (χ2n) is 6.14. The first kappa shape index (κ1) is 15.7. The van der Waals surface area contributed by atoms with Gasteiger partial charge < -0.3 is 9.42 Å². The summed E-state index contributed by atoms with van der Waals surface area (Å²) >= 11 is 0. The van der Waals surface area contributed by atoms with Crippen molar-refractivity contribution in [3.8, 4) is 11.3 Å². The number of aryl methyl sites for hydroxylation is 1. The standard InChI is InChI=1S/C18H20N6O/c1-14-19-18(25-22-14)13-23-9-11-24(12-10-23)17-8-7-16(20-21-17)15-5-3-2-4-6-15/h2-8H,9-13H2,1H3. The topological polar surface area (TPSA) is 71.2 Å². The van der Waals surface area contributed by atoms with Crippen LogP contribution in [-0.2, 0) is 6.54 Å². The van der Waals surface area contributed by atoms with Crippen LogP contribution < -0.4 is 4.90 Å². The number of anilines is 1. The maximum atomic E-state index is 5.19. The van der Waals surface area contributed by atoms with Gasteiger partial charge in [-0.25, -0.2) is 0 Å². The van der Waals surface area contributed by atoms with Gasteiger partial charge >= 0.3 is 0 Å². The Morgan fingerprint density at radius 3 is 2.40 bits per heavy atom. The lowest BCUT2D eigenvalue weighted by molar-refractivity contribution is 0.215. The molecule has 1 aliphatic rings. The Bertz CT molecular complexity index is 809. The van der Waals surface area contributed by atoms with E-state index >= 15 is 0 Å².